The first kappa shape index (κ1) is 13.8. The van der Waals surface area contributed by atoms with E-state index >= 15 is 0 Å². The fraction of sp³-hybridized carbons (Fsp3) is 1.00. The summed E-state index contributed by atoms with van der Waals surface area (Å²) in [4.78, 5) is 5.56. The summed E-state index contributed by atoms with van der Waals surface area (Å²) in [5.74, 6) is 0.845. The second kappa shape index (κ2) is 5.34. The number of nitrogens with two attached hydrogens (primary N) is 1. The van der Waals surface area contributed by atoms with Crippen LogP contribution in [0.25, 0.3) is 0 Å². The van der Waals surface area contributed by atoms with Gasteiger partial charge in [-0.15, -0.1) is 0 Å². The van der Waals surface area contributed by atoms with E-state index in [4.69, 9.17) is 5.73 Å². The van der Waals surface area contributed by atoms with E-state index in [1.165, 1.54) is 58.2 Å². The molecule has 2 N–H and O–H groups in total. The average molecular weight is 265 g/mol. The first-order valence-corrected chi connectivity index (χ1v) is 8.38. The summed E-state index contributed by atoms with van der Waals surface area (Å²) in [6.07, 6.45) is 8.21. The van der Waals surface area contributed by atoms with Crippen LogP contribution in [0.4, 0.5) is 0 Å². The molecule has 3 heterocycles. The normalized spacial score (nSPS) is 45.3. The Morgan fingerprint density at radius 3 is 2.74 bits per heavy atom. The summed E-state index contributed by atoms with van der Waals surface area (Å²) >= 11 is 0. The van der Waals surface area contributed by atoms with E-state index in [-0.39, 0.29) is 5.54 Å². The maximum absolute atomic E-state index is 6.35. The van der Waals surface area contributed by atoms with Crippen molar-refractivity contribution in [2.24, 2.45) is 11.7 Å². The topological polar surface area (TPSA) is 32.5 Å². The van der Waals surface area contributed by atoms with Crippen LogP contribution in [0.3, 0.4) is 0 Å². The molecule has 0 aromatic heterocycles. The minimum atomic E-state index is 0.286. The Bertz CT molecular complexity index is 319. The van der Waals surface area contributed by atoms with E-state index in [1.807, 2.05) is 0 Å². The minimum absolute atomic E-state index is 0.286. The lowest BCUT2D eigenvalue weighted by atomic mass is 9.80. The summed E-state index contributed by atoms with van der Waals surface area (Å²) in [6.45, 7) is 9.54. The largest absolute Gasteiger partial charge is 0.329 e. The second-order valence-corrected chi connectivity index (χ2v) is 7.29. The number of nitrogens with zero attached hydrogens (tertiary/aromatic N) is 2. The molecule has 3 saturated heterocycles. The summed E-state index contributed by atoms with van der Waals surface area (Å²) in [5.41, 5.74) is 6.63. The van der Waals surface area contributed by atoms with E-state index < -0.39 is 0 Å². The number of likely N-dealkylation sites (tertiary alicyclic amines) is 1. The van der Waals surface area contributed by atoms with E-state index in [2.05, 4.69) is 23.6 Å². The highest BCUT2D eigenvalue weighted by Gasteiger charge is 2.52. The van der Waals surface area contributed by atoms with Gasteiger partial charge in [-0.25, -0.2) is 0 Å². The SMILES string of the molecule is CC1CCC(C)N(C2(CN)CCN3CCCCC32)C1. The molecule has 0 radical (unpaired) electrons. The van der Waals surface area contributed by atoms with Crippen LogP contribution >= 0.6 is 0 Å². The Kier molecular flexibility index (Phi) is 3.89. The summed E-state index contributed by atoms with van der Waals surface area (Å²) in [5, 5.41) is 0. The van der Waals surface area contributed by atoms with Crippen molar-refractivity contribution in [3.05, 3.63) is 0 Å². The highest BCUT2D eigenvalue weighted by Crippen LogP contribution is 2.42. The lowest BCUT2D eigenvalue weighted by molar-refractivity contribution is -0.0200. The molecule has 4 unspecified atom stereocenters. The number of piperidine rings is 2. The molecule has 3 nitrogen and oxygen atoms in total. The number of hydrogen-bond acceptors (Lipinski definition) is 3. The molecule has 110 valence electrons. The summed E-state index contributed by atoms with van der Waals surface area (Å²) in [6, 6.07) is 1.46. The van der Waals surface area contributed by atoms with Crippen molar-refractivity contribution >= 4 is 0 Å². The van der Waals surface area contributed by atoms with Gasteiger partial charge in [-0.3, -0.25) is 9.80 Å². The predicted molar refractivity (Wildman–Crippen MR) is 80.2 cm³/mol. The molecule has 0 aliphatic carbocycles. The zero-order chi connectivity index (χ0) is 13.5. The van der Waals surface area contributed by atoms with Crippen molar-refractivity contribution in [2.75, 3.05) is 26.2 Å². The van der Waals surface area contributed by atoms with Gasteiger partial charge in [-0.2, -0.15) is 0 Å². The third kappa shape index (κ3) is 2.24. The van der Waals surface area contributed by atoms with Crippen LogP contribution < -0.4 is 5.73 Å². The van der Waals surface area contributed by atoms with Gasteiger partial charge < -0.3 is 5.73 Å². The third-order valence-electron chi connectivity index (χ3n) is 6.11. The molecule has 19 heavy (non-hydrogen) atoms. The van der Waals surface area contributed by atoms with Crippen LogP contribution in [0.15, 0.2) is 0 Å². The third-order valence-corrected chi connectivity index (χ3v) is 6.11. The quantitative estimate of drug-likeness (QED) is 0.829. The molecule has 3 heteroatoms. The minimum Gasteiger partial charge on any atom is -0.329 e. The summed E-state index contributed by atoms with van der Waals surface area (Å²) in [7, 11) is 0. The first-order valence-electron chi connectivity index (χ1n) is 8.38. The Morgan fingerprint density at radius 2 is 1.95 bits per heavy atom. The molecule has 3 aliphatic rings. The Balaban J connectivity index is 1.85. The van der Waals surface area contributed by atoms with Crippen LogP contribution in [0, 0.1) is 5.92 Å². The van der Waals surface area contributed by atoms with Gasteiger partial charge in [0.1, 0.15) is 0 Å². The molecule has 0 bridgehead atoms. The van der Waals surface area contributed by atoms with E-state index in [0.717, 1.165) is 24.5 Å². The van der Waals surface area contributed by atoms with Crippen molar-refractivity contribution in [2.45, 2.75) is 70.0 Å². The fourth-order valence-corrected chi connectivity index (χ4v) is 4.97. The average Bonchev–Trinajstić information content (AvgIpc) is 2.82. The fourth-order valence-electron chi connectivity index (χ4n) is 4.97. The molecule has 3 fully saturated rings. The molecule has 0 spiro atoms. The molecular formula is C16H31N3. The molecule has 4 atom stereocenters. The molecule has 0 amide bonds. The zero-order valence-electron chi connectivity index (χ0n) is 12.8. The van der Waals surface area contributed by atoms with Crippen molar-refractivity contribution in [3.8, 4) is 0 Å². The molecular weight excluding hydrogens is 234 g/mol. The van der Waals surface area contributed by atoms with Crippen LogP contribution in [-0.4, -0.2) is 53.6 Å². The van der Waals surface area contributed by atoms with Gasteiger partial charge >= 0.3 is 0 Å². The van der Waals surface area contributed by atoms with Crippen molar-refractivity contribution in [1.82, 2.24) is 9.80 Å². The first-order chi connectivity index (χ1) is 9.17. The molecule has 3 aliphatic heterocycles. The number of hydrogen-bond donors (Lipinski definition) is 1. The van der Waals surface area contributed by atoms with Gasteiger partial charge in [-0.1, -0.05) is 13.3 Å². The van der Waals surface area contributed by atoms with Crippen LogP contribution in [-0.2, 0) is 0 Å². The van der Waals surface area contributed by atoms with Gasteiger partial charge in [0.15, 0.2) is 0 Å². The van der Waals surface area contributed by atoms with Crippen LogP contribution in [0.1, 0.15) is 52.4 Å². The monoisotopic (exact) mass is 265 g/mol. The highest BCUT2D eigenvalue weighted by atomic mass is 15.3. The highest BCUT2D eigenvalue weighted by molar-refractivity contribution is 5.10. The number of rotatable bonds is 2. The Morgan fingerprint density at radius 1 is 1.11 bits per heavy atom. The van der Waals surface area contributed by atoms with Gasteiger partial charge in [0.2, 0.25) is 0 Å². The zero-order valence-corrected chi connectivity index (χ0v) is 12.8. The van der Waals surface area contributed by atoms with Gasteiger partial charge in [0.25, 0.3) is 0 Å². The number of fused-ring (bicyclic) bond motifs is 1. The van der Waals surface area contributed by atoms with Crippen LogP contribution in [0.2, 0.25) is 0 Å². The molecule has 0 aromatic carbocycles. The second-order valence-electron chi connectivity index (χ2n) is 7.29. The lowest BCUT2D eigenvalue weighted by Crippen LogP contribution is -2.65. The van der Waals surface area contributed by atoms with E-state index in [0.29, 0.717) is 0 Å². The lowest BCUT2D eigenvalue weighted by Gasteiger charge is -2.52. The standard InChI is InChI=1S/C16H31N3/c1-13-6-7-14(2)19(11-13)16(12-17)8-10-18-9-4-3-5-15(16)18/h13-15H,3-12,17H2,1-2H3. The van der Waals surface area contributed by atoms with Crippen molar-refractivity contribution in [1.29, 1.82) is 0 Å². The van der Waals surface area contributed by atoms with E-state index in [9.17, 15) is 0 Å². The maximum Gasteiger partial charge on any atom is 0.0501 e. The Hall–Kier alpha value is -0.120. The van der Waals surface area contributed by atoms with Gasteiger partial charge in [-0.05, 0) is 51.5 Å². The van der Waals surface area contributed by atoms with E-state index in [1.54, 1.807) is 0 Å². The molecule has 0 aromatic rings. The summed E-state index contributed by atoms with van der Waals surface area (Å²) < 4.78 is 0. The smallest absolute Gasteiger partial charge is 0.0501 e. The Labute approximate surface area is 118 Å². The molecule has 3 rings (SSSR count). The van der Waals surface area contributed by atoms with Gasteiger partial charge in [0.05, 0.1) is 5.54 Å². The van der Waals surface area contributed by atoms with Crippen molar-refractivity contribution in [3.63, 3.8) is 0 Å². The van der Waals surface area contributed by atoms with Crippen LogP contribution in [0.5, 0.6) is 0 Å². The predicted octanol–water partition coefficient (Wildman–Crippen LogP) is 2.06. The van der Waals surface area contributed by atoms with Gasteiger partial charge in [0, 0.05) is 31.7 Å². The maximum atomic E-state index is 6.35. The molecule has 0 saturated carbocycles. The van der Waals surface area contributed by atoms with Crippen molar-refractivity contribution < 1.29 is 0 Å².